The first-order valence-electron chi connectivity index (χ1n) is 9.61. The first-order chi connectivity index (χ1) is 12.3. The van der Waals surface area contributed by atoms with E-state index in [0.29, 0.717) is 12.6 Å². The summed E-state index contributed by atoms with van der Waals surface area (Å²) in [6.07, 6.45) is 8.14. The van der Waals surface area contributed by atoms with Crippen LogP contribution in [0, 0.1) is 0 Å². The first kappa shape index (κ1) is 18.2. The molecular formula is C18H31N5O2. The molecule has 1 atom stereocenters. The van der Waals surface area contributed by atoms with Crippen LogP contribution in [0.15, 0.2) is 12.5 Å². The van der Waals surface area contributed by atoms with Gasteiger partial charge in [0.15, 0.2) is 0 Å². The van der Waals surface area contributed by atoms with Crippen molar-refractivity contribution >= 4 is 6.03 Å². The third-order valence-electron chi connectivity index (χ3n) is 5.33. The number of imidazole rings is 1. The Hall–Kier alpha value is -1.60. The van der Waals surface area contributed by atoms with E-state index in [4.69, 9.17) is 4.74 Å². The van der Waals surface area contributed by atoms with Crippen LogP contribution in [0.25, 0.3) is 0 Å². The van der Waals surface area contributed by atoms with E-state index in [-0.39, 0.29) is 6.03 Å². The lowest BCUT2D eigenvalue weighted by atomic mass is 9.99. The van der Waals surface area contributed by atoms with Crippen molar-refractivity contribution in [2.75, 3.05) is 39.4 Å². The van der Waals surface area contributed by atoms with Gasteiger partial charge in [0.1, 0.15) is 0 Å². The van der Waals surface area contributed by atoms with Gasteiger partial charge in [0.05, 0.1) is 31.8 Å². The Bertz CT molecular complexity index is 541. The van der Waals surface area contributed by atoms with Crippen LogP contribution in [0.5, 0.6) is 0 Å². The molecule has 25 heavy (non-hydrogen) atoms. The predicted octanol–water partition coefficient (Wildman–Crippen LogP) is 1.69. The van der Waals surface area contributed by atoms with Crippen LogP contribution in [-0.4, -0.2) is 70.8 Å². The largest absolute Gasteiger partial charge is 0.379 e. The lowest BCUT2D eigenvalue weighted by molar-refractivity contribution is 0.0326. The Morgan fingerprint density at radius 2 is 2.16 bits per heavy atom. The number of amides is 2. The standard InChI is InChI=1S/C18H31N5O2/c1-2-22-15-19-13-17(22)14-20-18(24)23-7-4-3-5-16(23)6-8-21-9-11-25-12-10-21/h13,15-16H,2-12,14H2,1H3,(H,20,24). The van der Waals surface area contributed by atoms with Crippen molar-refractivity contribution in [1.82, 2.24) is 24.7 Å². The molecule has 1 unspecified atom stereocenters. The first-order valence-corrected chi connectivity index (χ1v) is 9.61. The highest BCUT2D eigenvalue weighted by molar-refractivity contribution is 5.74. The smallest absolute Gasteiger partial charge is 0.317 e. The molecule has 0 aliphatic carbocycles. The number of carbonyl (C=O) groups excluding carboxylic acids is 1. The van der Waals surface area contributed by atoms with Gasteiger partial charge >= 0.3 is 6.03 Å². The van der Waals surface area contributed by atoms with E-state index >= 15 is 0 Å². The Kier molecular flexibility index (Phi) is 6.69. The van der Waals surface area contributed by atoms with Crippen LogP contribution in [-0.2, 0) is 17.8 Å². The molecule has 1 aromatic heterocycles. The summed E-state index contributed by atoms with van der Waals surface area (Å²) in [5, 5.41) is 3.09. The number of hydrogen-bond donors (Lipinski definition) is 1. The van der Waals surface area contributed by atoms with Gasteiger partial charge in [0.2, 0.25) is 0 Å². The highest BCUT2D eigenvalue weighted by atomic mass is 16.5. The molecule has 0 aromatic carbocycles. The maximum Gasteiger partial charge on any atom is 0.317 e. The zero-order valence-electron chi connectivity index (χ0n) is 15.3. The molecule has 1 aromatic rings. The average Bonchev–Trinajstić information content (AvgIpc) is 3.13. The zero-order chi connectivity index (χ0) is 17.5. The van der Waals surface area contributed by atoms with Crippen LogP contribution in [0.4, 0.5) is 4.79 Å². The maximum absolute atomic E-state index is 12.7. The number of aromatic nitrogens is 2. The fourth-order valence-electron chi connectivity index (χ4n) is 3.77. The molecule has 7 heteroatoms. The predicted molar refractivity (Wildman–Crippen MR) is 96.4 cm³/mol. The second kappa shape index (κ2) is 9.20. The minimum Gasteiger partial charge on any atom is -0.379 e. The second-order valence-corrected chi connectivity index (χ2v) is 6.92. The molecule has 2 saturated heterocycles. The number of urea groups is 1. The molecule has 3 rings (SSSR count). The highest BCUT2D eigenvalue weighted by Crippen LogP contribution is 2.20. The molecule has 1 N–H and O–H groups in total. The summed E-state index contributed by atoms with van der Waals surface area (Å²) in [5.74, 6) is 0. The number of ether oxygens (including phenoxy) is 1. The van der Waals surface area contributed by atoms with Gasteiger partial charge in [-0.1, -0.05) is 0 Å². The second-order valence-electron chi connectivity index (χ2n) is 6.92. The molecular weight excluding hydrogens is 318 g/mol. The van der Waals surface area contributed by atoms with Crippen molar-refractivity contribution < 1.29 is 9.53 Å². The molecule has 2 aliphatic heterocycles. The quantitative estimate of drug-likeness (QED) is 0.849. The van der Waals surface area contributed by atoms with Gasteiger partial charge in [-0.3, -0.25) is 4.90 Å². The van der Waals surface area contributed by atoms with Gasteiger partial charge in [-0.15, -0.1) is 0 Å². The molecule has 140 valence electrons. The molecule has 7 nitrogen and oxygen atoms in total. The molecule has 0 radical (unpaired) electrons. The topological polar surface area (TPSA) is 62.6 Å². The molecule has 0 spiro atoms. The van der Waals surface area contributed by atoms with Gasteiger partial charge in [0.25, 0.3) is 0 Å². The number of aryl methyl sites for hydroxylation is 1. The summed E-state index contributed by atoms with van der Waals surface area (Å²) >= 11 is 0. The number of likely N-dealkylation sites (tertiary alicyclic amines) is 1. The van der Waals surface area contributed by atoms with Crippen LogP contribution >= 0.6 is 0 Å². The summed E-state index contributed by atoms with van der Waals surface area (Å²) < 4.78 is 7.48. The molecule has 2 aliphatic rings. The summed E-state index contributed by atoms with van der Waals surface area (Å²) in [7, 11) is 0. The van der Waals surface area contributed by atoms with Crippen LogP contribution in [0.3, 0.4) is 0 Å². The Morgan fingerprint density at radius 1 is 1.32 bits per heavy atom. The van der Waals surface area contributed by atoms with E-state index < -0.39 is 0 Å². The van der Waals surface area contributed by atoms with Crippen molar-refractivity contribution in [3.8, 4) is 0 Å². The van der Waals surface area contributed by atoms with E-state index in [2.05, 4.69) is 31.6 Å². The van der Waals surface area contributed by atoms with Crippen molar-refractivity contribution in [2.24, 2.45) is 0 Å². The molecule has 3 heterocycles. The fourth-order valence-corrected chi connectivity index (χ4v) is 3.77. The lowest BCUT2D eigenvalue weighted by Gasteiger charge is -2.37. The Morgan fingerprint density at radius 3 is 2.96 bits per heavy atom. The van der Waals surface area contributed by atoms with Crippen LogP contribution < -0.4 is 5.32 Å². The van der Waals surface area contributed by atoms with Crippen molar-refractivity contribution in [3.05, 3.63) is 18.2 Å². The SMILES string of the molecule is CCn1cncc1CNC(=O)N1CCCCC1CCN1CCOCC1. The third kappa shape index (κ3) is 4.95. The minimum atomic E-state index is 0.0653. The van der Waals surface area contributed by atoms with E-state index in [0.717, 1.165) is 70.9 Å². The Labute approximate surface area is 150 Å². The maximum atomic E-state index is 12.7. The van der Waals surface area contributed by atoms with Gasteiger partial charge < -0.3 is 19.5 Å². The number of morpholine rings is 1. The summed E-state index contributed by atoms with van der Waals surface area (Å²) in [6.45, 7) is 9.11. The van der Waals surface area contributed by atoms with Gasteiger partial charge in [-0.25, -0.2) is 9.78 Å². The van der Waals surface area contributed by atoms with E-state index in [1.807, 2.05) is 12.5 Å². The van der Waals surface area contributed by atoms with E-state index in [1.165, 1.54) is 6.42 Å². The monoisotopic (exact) mass is 349 g/mol. The van der Waals surface area contributed by atoms with Crippen molar-refractivity contribution in [2.45, 2.75) is 51.7 Å². The van der Waals surface area contributed by atoms with Crippen LogP contribution in [0.1, 0.15) is 38.3 Å². The summed E-state index contributed by atoms with van der Waals surface area (Å²) in [4.78, 5) is 21.4. The van der Waals surface area contributed by atoms with Gasteiger partial charge in [-0.2, -0.15) is 0 Å². The van der Waals surface area contributed by atoms with Crippen molar-refractivity contribution in [1.29, 1.82) is 0 Å². The number of nitrogens with one attached hydrogen (secondary N) is 1. The highest BCUT2D eigenvalue weighted by Gasteiger charge is 2.27. The van der Waals surface area contributed by atoms with E-state index in [1.54, 1.807) is 0 Å². The molecule has 2 amide bonds. The van der Waals surface area contributed by atoms with Gasteiger partial charge in [0, 0.05) is 45.0 Å². The molecule has 2 fully saturated rings. The zero-order valence-corrected chi connectivity index (χ0v) is 15.3. The number of carbonyl (C=O) groups is 1. The normalized spacial score (nSPS) is 22.1. The van der Waals surface area contributed by atoms with Crippen LogP contribution in [0.2, 0.25) is 0 Å². The lowest BCUT2D eigenvalue weighted by Crippen LogP contribution is -2.50. The summed E-state index contributed by atoms with van der Waals surface area (Å²) in [6, 6.07) is 0.420. The van der Waals surface area contributed by atoms with Crippen molar-refractivity contribution in [3.63, 3.8) is 0 Å². The number of nitrogens with zero attached hydrogens (tertiary/aromatic N) is 4. The van der Waals surface area contributed by atoms with Gasteiger partial charge in [-0.05, 0) is 32.6 Å². The minimum absolute atomic E-state index is 0.0653. The van der Waals surface area contributed by atoms with E-state index in [9.17, 15) is 4.79 Å². The summed E-state index contributed by atoms with van der Waals surface area (Å²) in [5.41, 5.74) is 1.05. The molecule has 0 saturated carbocycles. The Balaban J connectivity index is 1.49. The molecule has 0 bridgehead atoms. The number of hydrogen-bond acceptors (Lipinski definition) is 4. The third-order valence-corrected chi connectivity index (χ3v) is 5.33. The fraction of sp³-hybridized carbons (Fsp3) is 0.778. The number of rotatable bonds is 6. The average molecular weight is 349 g/mol. The number of piperidine rings is 1.